The molecule has 2 rings (SSSR count). The molecular weight excluding hydrogens is 299 g/mol. The van der Waals surface area contributed by atoms with Crippen LogP contribution in [0.5, 0.6) is 5.75 Å². The second-order valence-electron chi connectivity index (χ2n) is 4.98. The lowest BCUT2D eigenvalue weighted by Gasteiger charge is -2.22. The van der Waals surface area contributed by atoms with Gasteiger partial charge in [-0.3, -0.25) is 4.79 Å². The molecule has 1 aromatic rings. The molecule has 0 spiro atoms. The van der Waals surface area contributed by atoms with Crippen molar-refractivity contribution in [2.24, 2.45) is 5.92 Å². The number of nitriles is 1. The fraction of sp³-hybridized carbons (Fsp3) is 0.429. The molecule has 0 heterocycles. The van der Waals surface area contributed by atoms with E-state index in [2.05, 4.69) is 11.4 Å². The smallest absolute Gasteiger partial charge is 0.259 e. The van der Waals surface area contributed by atoms with Crippen molar-refractivity contribution in [2.75, 3.05) is 6.61 Å². The second-order valence-corrected chi connectivity index (χ2v) is 5.79. The molecule has 1 fully saturated rings. The summed E-state index contributed by atoms with van der Waals surface area (Å²) in [4.78, 5) is 11.9. The lowest BCUT2D eigenvalue weighted by molar-refractivity contribution is -0.124. The molecule has 0 bridgehead atoms. The highest BCUT2D eigenvalue weighted by atomic mass is 35.5. The maximum absolute atomic E-state index is 11.9. The summed E-state index contributed by atoms with van der Waals surface area (Å²) in [6.07, 6.45) is 1.92. The van der Waals surface area contributed by atoms with Crippen molar-refractivity contribution in [2.45, 2.75) is 25.3 Å². The van der Waals surface area contributed by atoms with Gasteiger partial charge in [0, 0.05) is 0 Å². The fourth-order valence-corrected chi connectivity index (χ4v) is 2.47. The maximum atomic E-state index is 11.9. The van der Waals surface area contributed by atoms with Crippen LogP contribution in [0.4, 0.5) is 0 Å². The van der Waals surface area contributed by atoms with E-state index in [9.17, 15) is 10.1 Å². The Balaban J connectivity index is 1.94. The summed E-state index contributed by atoms with van der Waals surface area (Å²) in [6, 6.07) is 7.10. The standard InChI is InChI=1S/C14H14Cl2N2O2/c1-14(8-17,9-5-6-9)18-12(19)7-20-13-10(15)3-2-4-11(13)16/h2-4,9H,5-7H2,1H3,(H,18,19)/t14-/m0/s1. The minimum atomic E-state index is -0.829. The molecule has 0 radical (unpaired) electrons. The van der Waals surface area contributed by atoms with Gasteiger partial charge in [0.25, 0.3) is 5.91 Å². The Kier molecular flexibility index (Phi) is 4.42. The Morgan fingerprint density at radius 1 is 1.50 bits per heavy atom. The molecule has 0 unspecified atom stereocenters. The highest BCUT2D eigenvalue weighted by Gasteiger charge is 2.43. The summed E-state index contributed by atoms with van der Waals surface area (Å²) >= 11 is 11.9. The first kappa shape index (κ1) is 15.0. The number of rotatable bonds is 5. The summed E-state index contributed by atoms with van der Waals surface area (Å²) in [5, 5.41) is 12.6. The SMILES string of the molecule is C[C@@](C#N)(NC(=O)COc1c(Cl)cccc1Cl)C1CC1. The van der Waals surface area contributed by atoms with E-state index >= 15 is 0 Å². The van der Waals surface area contributed by atoms with Crippen LogP contribution < -0.4 is 10.1 Å². The van der Waals surface area contributed by atoms with Gasteiger partial charge in [-0.05, 0) is 37.8 Å². The van der Waals surface area contributed by atoms with Crippen molar-refractivity contribution in [3.8, 4) is 11.8 Å². The zero-order valence-corrected chi connectivity index (χ0v) is 12.5. The van der Waals surface area contributed by atoms with E-state index in [0.717, 1.165) is 12.8 Å². The molecule has 106 valence electrons. The minimum absolute atomic E-state index is 0.223. The average Bonchev–Trinajstić information content (AvgIpc) is 3.22. The fourth-order valence-electron chi connectivity index (χ4n) is 1.97. The first-order valence-electron chi connectivity index (χ1n) is 6.25. The van der Waals surface area contributed by atoms with Gasteiger partial charge in [0.1, 0.15) is 5.54 Å². The molecule has 1 aromatic carbocycles. The number of halogens is 2. The highest BCUT2D eigenvalue weighted by Crippen LogP contribution is 2.39. The van der Waals surface area contributed by atoms with E-state index in [1.54, 1.807) is 25.1 Å². The average molecular weight is 313 g/mol. The third-order valence-corrected chi connectivity index (χ3v) is 3.89. The summed E-state index contributed by atoms with van der Waals surface area (Å²) < 4.78 is 5.33. The number of nitrogens with zero attached hydrogens (tertiary/aromatic N) is 1. The molecule has 0 saturated heterocycles. The van der Waals surface area contributed by atoms with Crippen LogP contribution in [0.15, 0.2) is 18.2 Å². The number of amides is 1. The summed E-state index contributed by atoms with van der Waals surface area (Å²) in [5.74, 6) is 0.133. The molecular formula is C14H14Cl2N2O2. The molecule has 1 atom stereocenters. The van der Waals surface area contributed by atoms with E-state index in [0.29, 0.717) is 10.0 Å². The van der Waals surface area contributed by atoms with Crippen LogP contribution in [0.1, 0.15) is 19.8 Å². The van der Waals surface area contributed by atoms with Crippen LogP contribution in [0.2, 0.25) is 10.0 Å². The highest BCUT2D eigenvalue weighted by molar-refractivity contribution is 6.37. The number of hydrogen-bond acceptors (Lipinski definition) is 3. The van der Waals surface area contributed by atoms with Crippen LogP contribution in [0.3, 0.4) is 0 Å². The molecule has 0 aromatic heterocycles. The van der Waals surface area contributed by atoms with Crippen molar-refractivity contribution in [1.82, 2.24) is 5.32 Å². The largest absolute Gasteiger partial charge is 0.481 e. The number of benzene rings is 1. The van der Waals surface area contributed by atoms with Crippen molar-refractivity contribution in [1.29, 1.82) is 5.26 Å². The van der Waals surface area contributed by atoms with Crippen molar-refractivity contribution < 1.29 is 9.53 Å². The van der Waals surface area contributed by atoms with E-state index in [-0.39, 0.29) is 24.2 Å². The number of carbonyl (C=O) groups excluding carboxylic acids is 1. The maximum Gasteiger partial charge on any atom is 0.259 e. The number of carbonyl (C=O) groups is 1. The first-order chi connectivity index (χ1) is 9.46. The number of hydrogen-bond donors (Lipinski definition) is 1. The lowest BCUT2D eigenvalue weighted by atomic mass is 9.98. The number of nitrogens with one attached hydrogen (secondary N) is 1. The summed E-state index contributed by atoms with van der Waals surface area (Å²) in [6.45, 7) is 1.50. The number of ether oxygens (including phenoxy) is 1. The second kappa shape index (κ2) is 5.90. The molecule has 1 aliphatic carbocycles. The lowest BCUT2D eigenvalue weighted by Crippen LogP contribution is -2.48. The van der Waals surface area contributed by atoms with Gasteiger partial charge in [-0.2, -0.15) is 5.26 Å². The van der Waals surface area contributed by atoms with Crippen LogP contribution in [-0.2, 0) is 4.79 Å². The van der Waals surface area contributed by atoms with Crippen LogP contribution in [0.25, 0.3) is 0 Å². The molecule has 4 nitrogen and oxygen atoms in total. The molecule has 6 heteroatoms. The predicted octanol–water partition coefficient (Wildman–Crippen LogP) is 3.18. The van der Waals surface area contributed by atoms with Crippen LogP contribution >= 0.6 is 23.2 Å². The van der Waals surface area contributed by atoms with Crippen LogP contribution in [0, 0.1) is 17.2 Å². The first-order valence-corrected chi connectivity index (χ1v) is 7.01. The molecule has 1 N–H and O–H groups in total. The Bertz CT molecular complexity index is 547. The predicted molar refractivity (Wildman–Crippen MR) is 76.8 cm³/mol. The van der Waals surface area contributed by atoms with E-state index in [1.807, 2.05) is 0 Å². The van der Waals surface area contributed by atoms with Gasteiger partial charge in [-0.25, -0.2) is 0 Å². The summed E-state index contributed by atoms with van der Waals surface area (Å²) in [5.41, 5.74) is -0.829. The monoisotopic (exact) mass is 312 g/mol. The Hall–Kier alpha value is -1.44. The third kappa shape index (κ3) is 3.36. The van der Waals surface area contributed by atoms with Gasteiger partial charge < -0.3 is 10.1 Å². The Labute approximate surface area is 127 Å². The Morgan fingerprint density at radius 3 is 2.60 bits per heavy atom. The van der Waals surface area contributed by atoms with E-state index < -0.39 is 5.54 Å². The van der Waals surface area contributed by atoms with Crippen LogP contribution in [-0.4, -0.2) is 18.1 Å². The summed E-state index contributed by atoms with van der Waals surface area (Å²) in [7, 11) is 0. The third-order valence-electron chi connectivity index (χ3n) is 3.29. The molecule has 0 aliphatic heterocycles. The zero-order chi connectivity index (χ0) is 14.8. The minimum Gasteiger partial charge on any atom is -0.481 e. The van der Waals surface area contributed by atoms with Gasteiger partial charge >= 0.3 is 0 Å². The van der Waals surface area contributed by atoms with Crippen molar-refractivity contribution in [3.05, 3.63) is 28.2 Å². The Morgan fingerprint density at radius 2 is 2.10 bits per heavy atom. The van der Waals surface area contributed by atoms with Crippen molar-refractivity contribution in [3.63, 3.8) is 0 Å². The quantitative estimate of drug-likeness (QED) is 0.908. The topological polar surface area (TPSA) is 62.1 Å². The molecule has 1 saturated carbocycles. The molecule has 1 amide bonds. The van der Waals surface area contributed by atoms with Gasteiger partial charge in [0.05, 0.1) is 16.1 Å². The van der Waals surface area contributed by atoms with E-state index in [4.69, 9.17) is 27.9 Å². The van der Waals surface area contributed by atoms with Gasteiger partial charge in [0.2, 0.25) is 0 Å². The van der Waals surface area contributed by atoms with E-state index in [1.165, 1.54) is 0 Å². The zero-order valence-electron chi connectivity index (χ0n) is 11.0. The molecule has 20 heavy (non-hydrogen) atoms. The van der Waals surface area contributed by atoms with Gasteiger partial charge in [-0.15, -0.1) is 0 Å². The number of para-hydroxylation sites is 1. The van der Waals surface area contributed by atoms with Crippen molar-refractivity contribution >= 4 is 29.1 Å². The normalized spacial score (nSPS) is 16.9. The van der Waals surface area contributed by atoms with Gasteiger partial charge in [-0.1, -0.05) is 29.3 Å². The molecule has 1 aliphatic rings. The van der Waals surface area contributed by atoms with Gasteiger partial charge in [0.15, 0.2) is 12.4 Å².